The molecule has 2 aromatic carbocycles. The number of rotatable bonds is 4. The van der Waals surface area contributed by atoms with E-state index in [4.69, 9.17) is 5.10 Å². The Morgan fingerprint density at radius 1 is 1.04 bits per heavy atom. The largest absolute Gasteiger partial charge is 0.384 e. The van der Waals surface area contributed by atoms with Gasteiger partial charge in [0.25, 0.3) is 0 Å². The van der Waals surface area contributed by atoms with Gasteiger partial charge >= 0.3 is 0 Å². The number of aryl methyl sites for hydroxylation is 2. The normalized spacial score (nSPS) is 20.3. The van der Waals surface area contributed by atoms with E-state index in [0.717, 1.165) is 36.3 Å². The molecular weight excluding hydrogens is 334 g/mol. The Kier molecular flexibility index (Phi) is 4.62. The molecular formula is C23H27N3O. The standard InChI is InChI=1S/C23H27N3O/c1-17-9-11-20(12-10-17)23(27)13-14-26(16-23)15-21-18(2)25(3)24-22(21)19-7-5-4-6-8-19/h4-12,27H,13-16H2,1-3H3/t23-/m0/s1. The molecule has 0 amide bonds. The summed E-state index contributed by atoms with van der Waals surface area (Å²) in [6.07, 6.45) is 0.760. The van der Waals surface area contributed by atoms with Crippen LogP contribution in [-0.2, 0) is 19.2 Å². The highest BCUT2D eigenvalue weighted by Gasteiger charge is 2.38. The summed E-state index contributed by atoms with van der Waals surface area (Å²) in [5.41, 5.74) is 6.08. The second-order valence-corrected chi connectivity index (χ2v) is 7.76. The number of aliphatic hydroxyl groups is 1. The number of likely N-dealkylation sites (tertiary alicyclic amines) is 1. The third-order valence-corrected chi connectivity index (χ3v) is 5.80. The summed E-state index contributed by atoms with van der Waals surface area (Å²) in [7, 11) is 2.00. The number of benzene rings is 2. The average Bonchev–Trinajstić information content (AvgIpc) is 3.19. The highest BCUT2D eigenvalue weighted by Crippen LogP contribution is 2.34. The van der Waals surface area contributed by atoms with Gasteiger partial charge in [-0.1, -0.05) is 60.2 Å². The molecule has 3 aromatic rings. The lowest BCUT2D eigenvalue weighted by Crippen LogP contribution is -2.30. The maximum Gasteiger partial charge on any atom is 0.103 e. The SMILES string of the molecule is Cc1ccc([C@]2(O)CCN(Cc3c(-c4ccccc4)nn(C)c3C)C2)cc1. The van der Waals surface area contributed by atoms with E-state index in [1.807, 2.05) is 17.8 Å². The molecule has 0 bridgehead atoms. The van der Waals surface area contributed by atoms with Gasteiger partial charge in [-0.15, -0.1) is 0 Å². The Bertz CT molecular complexity index is 930. The molecule has 4 nitrogen and oxygen atoms in total. The molecule has 27 heavy (non-hydrogen) atoms. The Labute approximate surface area is 161 Å². The Balaban J connectivity index is 1.58. The van der Waals surface area contributed by atoms with Crippen LogP contribution in [0.2, 0.25) is 0 Å². The first-order valence-electron chi connectivity index (χ1n) is 9.56. The molecule has 1 atom stereocenters. The van der Waals surface area contributed by atoms with Crippen LogP contribution in [0.1, 0.15) is 28.8 Å². The van der Waals surface area contributed by atoms with Gasteiger partial charge in [0.2, 0.25) is 0 Å². The first-order chi connectivity index (χ1) is 13.0. The molecule has 140 valence electrons. The third-order valence-electron chi connectivity index (χ3n) is 5.80. The van der Waals surface area contributed by atoms with E-state index >= 15 is 0 Å². The smallest absolute Gasteiger partial charge is 0.103 e. The Hall–Kier alpha value is -2.43. The number of nitrogens with zero attached hydrogens (tertiary/aromatic N) is 3. The second-order valence-electron chi connectivity index (χ2n) is 7.76. The van der Waals surface area contributed by atoms with Crippen LogP contribution in [0.5, 0.6) is 0 Å². The van der Waals surface area contributed by atoms with Gasteiger partial charge < -0.3 is 5.11 Å². The fourth-order valence-corrected chi connectivity index (χ4v) is 4.00. The molecule has 1 aliphatic heterocycles. The predicted molar refractivity (Wildman–Crippen MR) is 108 cm³/mol. The predicted octanol–water partition coefficient (Wildman–Crippen LogP) is 3.80. The lowest BCUT2D eigenvalue weighted by atomic mass is 9.92. The van der Waals surface area contributed by atoms with Crippen LogP contribution in [0.3, 0.4) is 0 Å². The van der Waals surface area contributed by atoms with Gasteiger partial charge in [-0.2, -0.15) is 5.10 Å². The van der Waals surface area contributed by atoms with E-state index in [-0.39, 0.29) is 0 Å². The first-order valence-corrected chi connectivity index (χ1v) is 9.56. The fraction of sp³-hybridized carbons (Fsp3) is 0.348. The van der Waals surface area contributed by atoms with Gasteiger partial charge in [0.1, 0.15) is 5.60 Å². The van der Waals surface area contributed by atoms with Crippen molar-refractivity contribution in [3.05, 3.63) is 77.0 Å². The van der Waals surface area contributed by atoms with Crippen molar-refractivity contribution in [1.82, 2.24) is 14.7 Å². The molecule has 4 heteroatoms. The van der Waals surface area contributed by atoms with Crippen molar-refractivity contribution in [2.45, 2.75) is 32.4 Å². The second kappa shape index (κ2) is 6.95. The number of aromatic nitrogens is 2. The van der Waals surface area contributed by atoms with E-state index in [0.29, 0.717) is 6.54 Å². The number of β-amino-alcohol motifs (C(OH)–C–C–N with tert-alkyl or cyclic N) is 1. The maximum atomic E-state index is 11.2. The zero-order valence-electron chi connectivity index (χ0n) is 16.3. The monoisotopic (exact) mass is 361 g/mol. The first kappa shape index (κ1) is 18.0. The van der Waals surface area contributed by atoms with E-state index in [2.05, 4.69) is 67.3 Å². The molecule has 2 heterocycles. The fourth-order valence-electron chi connectivity index (χ4n) is 4.00. The molecule has 0 unspecified atom stereocenters. The summed E-state index contributed by atoms with van der Waals surface area (Å²) in [5.74, 6) is 0. The Morgan fingerprint density at radius 2 is 1.74 bits per heavy atom. The average molecular weight is 361 g/mol. The summed E-state index contributed by atoms with van der Waals surface area (Å²) < 4.78 is 1.96. The van der Waals surface area contributed by atoms with Gasteiger partial charge in [0.15, 0.2) is 0 Å². The lowest BCUT2D eigenvalue weighted by molar-refractivity contribution is 0.0453. The van der Waals surface area contributed by atoms with E-state index < -0.39 is 5.60 Å². The van der Waals surface area contributed by atoms with Crippen LogP contribution in [-0.4, -0.2) is 32.9 Å². The minimum Gasteiger partial charge on any atom is -0.384 e. The summed E-state index contributed by atoms with van der Waals surface area (Å²) >= 11 is 0. The van der Waals surface area contributed by atoms with Crippen molar-refractivity contribution in [3.8, 4) is 11.3 Å². The molecule has 1 fully saturated rings. The van der Waals surface area contributed by atoms with Crippen LogP contribution >= 0.6 is 0 Å². The van der Waals surface area contributed by atoms with Crippen molar-refractivity contribution in [2.24, 2.45) is 7.05 Å². The molecule has 1 aromatic heterocycles. The number of hydrogen-bond donors (Lipinski definition) is 1. The zero-order chi connectivity index (χ0) is 19.0. The highest BCUT2D eigenvalue weighted by molar-refractivity contribution is 5.64. The van der Waals surface area contributed by atoms with Crippen LogP contribution in [0.4, 0.5) is 0 Å². The molecule has 4 rings (SSSR count). The molecule has 1 aliphatic rings. The van der Waals surface area contributed by atoms with Gasteiger partial charge in [-0.3, -0.25) is 9.58 Å². The van der Waals surface area contributed by atoms with Crippen molar-refractivity contribution >= 4 is 0 Å². The zero-order valence-corrected chi connectivity index (χ0v) is 16.3. The van der Waals surface area contributed by atoms with Gasteiger partial charge in [0.05, 0.1) is 5.69 Å². The van der Waals surface area contributed by atoms with Crippen molar-refractivity contribution in [3.63, 3.8) is 0 Å². The molecule has 1 N–H and O–H groups in total. The maximum absolute atomic E-state index is 11.2. The van der Waals surface area contributed by atoms with Crippen molar-refractivity contribution in [1.29, 1.82) is 0 Å². The van der Waals surface area contributed by atoms with Gasteiger partial charge in [0, 0.05) is 43.5 Å². The summed E-state index contributed by atoms with van der Waals surface area (Å²) in [4.78, 5) is 2.34. The van der Waals surface area contributed by atoms with Crippen LogP contribution in [0.15, 0.2) is 54.6 Å². The summed E-state index contributed by atoms with van der Waals surface area (Å²) in [6.45, 7) is 6.53. The van der Waals surface area contributed by atoms with E-state index in [9.17, 15) is 5.11 Å². The molecule has 0 spiro atoms. The number of hydrogen-bond acceptors (Lipinski definition) is 3. The molecule has 0 aliphatic carbocycles. The minimum atomic E-state index is -0.767. The molecule has 1 saturated heterocycles. The third kappa shape index (κ3) is 3.43. The van der Waals surface area contributed by atoms with Crippen LogP contribution in [0.25, 0.3) is 11.3 Å². The van der Waals surface area contributed by atoms with E-state index in [1.165, 1.54) is 16.8 Å². The topological polar surface area (TPSA) is 41.3 Å². The Morgan fingerprint density at radius 3 is 2.44 bits per heavy atom. The molecule has 0 saturated carbocycles. The van der Waals surface area contributed by atoms with Crippen molar-refractivity contribution < 1.29 is 5.11 Å². The van der Waals surface area contributed by atoms with E-state index in [1.54, 1.807) is 0 Å². The minimum absolute atomic E-state index is 0.651. The highest BCUT2D eigenvalue weighted by atomic mass is 16.3. The molecule has 0 radical (unpaired) electrons. The summed E-state index contributed by atoms with van der Waals surface area (Å²) in [5, 5.41) is 16.0. The quantitative estimate of drug-likeness (QED) is 0.768. The lowest BCUT2D eigenvalue weighted by Gasteiger charge is -2.24. The van der Waals surface area contributed by atoms with Crippen LogP contribution < -0.4 is 0 Å². The van der Waals surface area contributed by atoms with Gasteiger partial charge in [-0.05, 0) is 25.8 Å². The summed E-state index contributed by atoms with van der Waals surface area (Å²) in [6, 6.07) is 18.6. The van der Waals surface area contributed by atoms with Crippen molar-refractivity contribution in [2.75, 3.05) is 13.1 Å². The van der Waals surface area contributed by atoms with Crippen LogP contribution in [0, 0.1) is 13.8 Å². The van der Waals surface area contributed by atoms with Gasteiger partial charge in [-0.25, -0.2) is 0 Å².